The molecule has 2 heteroatoms. The van der Waals surface area contributed by atoms with E-state index < -0.39 is 0 Å². The Hall–Kier alpha value is -0.890. The minimum absolute atomic E-state index is 0.167. The molecule has 0 aliphatic rings. The van der Waals surface area contributed by atoms with Crippen LogP contribution in [-0.4, -0.2) is 6.04 Å². The third kappa shape index (κ3) is 6.72. The zero-order valence-electron chi connectivity index (χ0n) is 12.6. The van der Waals surface area contributed by atoms with Crippen molar-refractivity contribution in [2.24, 2.45) is 0 Å². The van der Waals surface area contributed by atoms with Crippen molar-refractivity contribution >= 4 is 0 Å². The Labute approximate surface area is 117 Å². The molecule has 1 unspecified atom stereocenters. The second-order valence-electron chi connectivity index (χ2n) is 5.54. The highest BCUT2D eigenvalue weighted by molar-refractivity contribution is 5.19. The summed E-state index contributed by atoms with van der Waals surface area (Å²) in [6.07, 6.45) is 7.87. The standard InChI is InChI=1S/C17H28FN/c1-4-5-6-7-8-9-14(2)19-15(3)16-10-12-17(18)13-11-16/h10-15,19H,4-9H2,1-3H3/t14?,15-/m1/s1. The van der Waals surface area contributed by atoms with E-state index in [4.69, 9.17) is 0 Å². The van der Waals surface area contributed by atoms with Gasteiger partial charge in [-0.3, -0.25) is 0 Å². The molecule has 0 aliphatic heterocycles. The van der Waals surface area contributed by atoms with Crippen LogP contribution in [0.1, 0.15) is 70.9 Å². The fourth-order valence-corrected chi connectivity index (χ4v) is 2.41. The first kappa shape index (κ1) is 16.2. The second-order valence-corrected chi connectivity index (χ2v) is 5.54. The summed E-state index contributed by atoms with van der Waals surface area (Å²) in [6, 6.07) is 7.58. The van der Waals surface area contributed by atoms with Gasteiger partial charge in [0, 0.05) is 12.1 Å². The van der Waals surface area contributed by atoms with E-state index in [0.717, 1.165) is 5.56 Å². The van der Waals surface area contributed by atoms with Crippen LogP contribution in [0.2, 0.25) is 0 Å². The van der Waals surface area contributed by atoms with Crippen LogP contribution >= 0.6 is 0 Å². The quantitative estimate of drug-likeness (QED) is 0.603. The summed E-state index contributed by atoms with van der Waals surface area (Å²) >= 11 is 0. The van der Waals surface area contributed by atoms with Crippen molar-refractivity contribution in [3.8, 4) is 0 Å². The Morgan fingerprint density at radius 2 is 1.63 bits per heavy atom. The average Bonchev–Trinajstić information content (AvgIpc) is 2.39. The fraction of sp³-hybridized carbons (Fsp3) is 0.647. The number of hydrogen-bond acceptors (Lipinski definition) is 1. The van der Waals surface area contributed by atoms with Crippen LogP contribution in [0.5, 0.6) is 0 Å². The number of rotatable bonds is 9. The number of nitrogens with one attached hydrogen (secondary N) is 1. The van der Waals surface area contributed by atoms with Gasteiger partial charge in [0.25, 0.3) is 0 Å². The molecule has 1 aromatic rings. The molecule has 0 heterocycles. The zero-order valence-corrected chi connectivity index (χ0v) is 12.6. The number of benzene rings is 1. The Bertz CT molecular complexity index is 334. The van der Waals surface area contributed by atoms with Crippen LogP contribution in [0.3, 0.4) is 0 Å². The van der Waals surface area contributed by atoms with Gasteiger partial charge in [-0.1, -0.05) is 51.2 Å². The van der Waals surface area contributed by atoms with Gasteiger partial charge in [-0.15, -0.1) is 0 Å². The van der Waals surface area contributed by atoms with E-state index in [1.165, 1.54) is 50.7 Å². The van der Waals surface area contributed by atoms with Gasteiger partial charge < -0.3 is 5.32 Å². The largest absolute Gasteiger partial charge is 0.308 e. The molecule has 2 atom stereocenters. The maximum Gasteiger partial charge on any atom is 0.123 e. The zero-order chi connectivity index (χ0) is 14.1. The van der Waals surface area contributed by atoms with Gasteiger partial charge in [0.2, 0.25) is 0 Å². The molecule has 1 aromatic carbocycles. The first-order chi connectivity index (χ1) is 9.13. The summed E-state index contributed by atoms with van der Waals surface area (Å²) in [7, 11) is 0. The summed E-state index contributed by atoms with van der Waals surface area (Å²) in [5.41, 5.74) is 1.15. The van der Waals surface area contributed by atoms with Gasteiger partial charge in [0.15, 0.2) is 0 Å². The van der Waals surface area contributed by atoms with Gasteiger partial charge >= 0.3 is 0 Å². The molecular formula is C17H28FN. The first-order valence-electron chi connectivity index (χ1n) is 7.65. The van der Waals surface area contributed by atoms with E-state index in [2.05, 4.69) is 26.1 Å². The van der Waals surface area contributed by atoms with Crippen molar-refractivity contribution in [1.82, 2.24) is 5.32 Å². The van der Waals surface area contributed by atoms with Crippen LogP contribution in [0.15, 0.2) is 24.3 Å². The molecule has 1 nitrogen and oxygen atoms in total. The number of hydrogen-bond donors (Lipinski definition) is 1. The molecule has 0 saturated heterocycles. The molecule has 0 saturated carbocycles. The van der Waals surface area contributed by atoms with Crippen molar-refractivity contribution < 1.29 is 4.39 Å². The molecule has 0 spiro atoms. The van der Waals surface area contributed by atoms with Crippen LogP contribution in [0.25, 0.3) is 0 Å². The number of unbranched alkanes of at least 4 members (excludes halogenated alkanes) is 4. The maximum absolute atomic E-state index is 12.9. The highest BCUT2D eigenvalue weighted by Gasteiger charge is 2.09. The fourth-order valence-electron chi connectivity index (χ4n) is 2.41. The minimum atomic E-state index is -0.167. The van der Waals surface area contributed by atoms with E-state index in [-0.39, 0.29) is 11.9 Å². The predicted octanol–water partition coefficient (Wildman–Crippen LogP) is 5.23. The van der Waals surface area contributed by atoms with E-state index in [1.807, 2.05) is 12.1 Å². The van der Waals surface area contributed by atoms with E-state index >= 15 is 0 Å². The molecule has 108 valence electrons. The summed E-state index contributed by atoms with van der Waals surface area (Å²) in [4.78, 5) is 0. The van der Waals surface area contributed by atoms with Crippen LogP contribution in [0.4, 0.5) is 4.39 Å². The summed E-state index contributed by atoms with van der Waals surface area (Å²) in [5.74, 6) is -0.167. The van der Waals surface area contributed by atoms with Crippen molar-refractivity contribution in [3.63, 3.8) is 0 Å². The van der Waals surface area contributed by atoms with E-state index in [9.17, 15) is 4.39 Å². The lowest BCUT2D eigenvalue weighted by Gasteiger charge is -2.20. The van der Waals surface area contributed by atoms with Crippen molar-refractivity contribution in [1.29, 1.82) is 0 Å². The highest BCUT2D eigenvalue weighted by atomic mass is 19.1. The lowest BCUT2D eigenvalue weighted by atomic mass is 10.0. The molecule has 1 N–H and O–H groups in total. The SMILES string of the molecule is CCCCCCCC(C)N[C@H](C)c1ccc(F)cc1. The smallest absolute Gasteiger partial charge is 0.123 e. The topological polar surface area (TPSA) is 12.0 Å². The summed E-state index contributed by atoms with van der Waals surface area (Å²) < 4.78 is 12.9. The summed E-state index contributed by atoms with van der Waals surface area (Å²) in [6.45, 7) is 6.62. The van der Waals surface area contributed by atoms with Crippen LogP contribution in [-0.2, 0) is 0 Å². The minimum Gasteiger partial charge on any atom is -0.308 e. The third-order valence-corrected chi connectivity index (χ3v) is 3.65. The Kier molecular flexibility index (Phi) is 7.73. The third-order valence-electron chi connectivity index (χ3n) is 3.65. The van der Waals surface area contributed by atoms with Gasteiger partial charge in [-0.05, 0) is 38.0 Å². The molecule has 0 bridgehead atoms. The molecule has 0 aliphatic carbocycles. The molecule has 0 radical (unpaired) electrons. The molecule has 0 fully saturated rings. The van der Waals surface area contributed by atoms with Crippen LogP contribution in [0, 0.1) is 5.82 Å². The Morgan fingerprint density at radius 1 is 1.00 bits per heavy atom. The second kappa shape index (κ2) is 9.08. The lowest BCUT2D eigenvalue weighted by Crippen LogP contribution is -2.28. The van der Waals surface area contributed by atoms with Crippen LogP contribution < -0.4 is 5.32 Å². The predicted molar refractivity (Wildman–Crippen MR) is 80.8 cm³/mol. The molecule has 0 amide bonds. The average molecular weight is 265 g/mol. The normalized spacial score (nSPS) is 14.3. The highest BCUT2D eigenvalue weighted by Crippen LogP contribution is 2.15. The van der Waals surface area contributed by atoms with Crippen molar-refractivity contribution in [3.05, 3.63) is 35.6 Å². The van der Waals surface area contributed by atoms with Gasteiger partial charge in [0.1, 0.15) is 5.82 Å². The van der Waals surface area contributed by atoms with Gasteiger partial charge in [-0.25, -0.2) is 4.39 Å². The van der Waals surface area contributed by atoms with Gasteiger partial charge in [-0.2, -0.15) is 0 Å². The Balaban J connectivity index is 2.23. The van der Waals surface area contributed by atoms with Gasteiger partial charge in [0.05, 0.1) is 0 Å². The summed E-state index contributed by atoms with van der Waals surface area (Å²) in [5, 5.41) is 3.58. The lowest BCUT2D eigenvalue weighted by molar-refractivity contribution is 0.436. The monoisotopic (exact) mass is 265 g/mol. The van der Waals surface area contributed by atoms with E-state index in [1.54, 1.807) is 0 Å². The first-order valence-corrected chi connectivity index (χ1v) is 7.65. The molecular weight excluding hydrogens is 237 g/mol. The van der Waals surface area contributed by atoms with E-state index in [0.29, 0.717) is 6.04 Å². The molecule has 0 aromatic heterocycles. The van der Waals surface area contributed by atoms with Crippen molar-refractivity contribution in [2.45, 2.75) is 71.4 Å². The maximum atomic E-state index is 12.9. The molecule has 1 rings (SSSR count). The van der Waals surface area contributed by atoms with Crippen molar-refractivity contribution in [2.75, 3.05) is 0 Å². The molecule has 19 heavy (non-hydrogen) atoms. The number of halogens is 1. The Morgan fingerprint density at radius 3 is 2.26 bits per heavy atom.